The summed E-state index contributed by atoms with van der Waals surface area (Å²) in [6, 6.07) is 34.1. The largest absolute Gasteiger partial charge is 0.289 e. The standard InChI is InChI=1S/C28H21BrO2/c29-26(21-15-17-25(18-16-21)28(31)23-9-5-2-6-10-23)19-20-11-13-24(14-12-20)27(30)22-7-3-1-4-8-22/h1-18,26H,19H2. The maximum atomic E-state index is 12.6. The molecule has 4 aromatic carbocycles. The van der Waals surface area contributed by atoms with Crippen molar-refractivity contribution < 1.29 is 9.59 Å². The molecule has 0 aliphatic heterocycles. The van der Waals surface area contributed by atoms with Crippen LogP contribution in [0.1, 0.15) is 47.8 Å². The Bertz CT molecular complexity index is 1170. The second-order valence-electron chi connectivity index (χ2n) is 7.38. The molecule has 0 spiro atoms. The van der Waals surface area contributed by atoms with E-state index in [0.29, 0.717) is 22.3 Å². The molecule has 0 radical (unpaired) electrons. The maximum Gasteiger partial charge on any atom is 0.193 e. The fourth-order valence-corrected chi connectivity index (χ4v) is 4.15. The molecule has 1 atom stereocenters. The van der Waals surface area contributed by atoms with Crippen molar-refractivity contribution in [1.82, 2.24) is 0 Å². The van der Waals surface area contributed by atoms with E-state index in [0.717, 1.165) is 17.5 Å². The van der Waals surface area contributed by atoms with Crippen LogP contribution in [0.25, 0.3) is 0 Å². The summed E-state index contributed by atoms with van der Waals surface area (Å²) in [5.41, 5.74) is 4.99. The number of benzene rings is 4. The Morgan fingerprint density at radius 2 is 0.935 bits per heavy atom. The molecule has 0 amide bonds. The van der Waals surface area contributed by atoms with Crippen LogP contribution in [0.2, 0.25) is 0 Å². The molecule has 0 aromatic heterocycles. The third kappa shape index (κ3) is 5.07. The Morgan fingerprint density at radius 3 is 1.39 bits per heavy atom. The van der Waals surface area contributed by atoms with Gasteiger partial charge in [-0.3, -0.25) is 9.59 Å². The first-order valence-electron chi connectivity index (χ1n) is 10.1. The smallest absolute Gasteiger partial charge is 0.193 e. The summed E-state index contributed by atoms with van der Waals surface area (Å²) in [5, 5.41) is 0. The molecule has 0 fully saturated rings. The van der Waals surface area contributed by atoms with Crippen molar-refractivity contribution in [3.8, 4) is 0 Å². The molecule has 0 heterocycles. The SMILES string of the molecule is O=C(c1ccccc1)c1ccc(CC(Br)c2ccc(C(=O)c3ccccc3)cc2)cc1. The van der Waals surface area contributed by atoms with Crippen LogP contribution in [-0.4, -0.2) is 11.6 Å². The predicted octanol–water partition coefficient (Wildman–Crippen LogP) is 6.83. The zero-order valence-corrected chi connectivity index (χ0v) is 18.5. The van der Waals surface area contributed by atoms with Crippen molar-refractivity contribution in [2.24, 2.45) is 0 Å². The first kappa shape index (κ1) is 21.0. The summed E-state index contributed by atoms with van der Waals surface area (Å²) in [4.78, 5) is 25.2. The number of carbonyl (C=O) groups is 2. The van der Waals surface area contributed by atoms with Crippen LogP contribution in [0.15, 0.2) is 109 Å². The first-order chi connectivity index (χ1) is 15.1. The Kier molecular flexibility index (Phi) is 6.54. The van der Waals surface area contributed by atoms with Crippen LogP contribution in [0.4, 0.5) is 0 Å². The van der Waals surface area contributed by atoms with Crippen molar-refractivity contribution >= 4 is 27.5 Å². The summed E-state index contributed by atoms with van der Waals surface area (Å²) in [6.45, 7) is 0. The third-order valence-corrected chi connectivity index (χ3v) is 6.09. The second-order valence-corrected chi connectivity index (χ2v) is 8.49. The topological polar surface area (TPSA) is 34.1 Å². The number of ketones is 2. The normalized spacial score (nSPS) is 11.6. The third-order valence-electron chi connectivity index (χ3n) is 5.24. The summed E-state index contributed by atoms with van der Waals surface area (Å²) < 4.78 is 0. The number of rotatable bonds is 7. The number of hydrogen-bond acceptors (Lipinski definition) is 2. The van der Waals surface area contributed by atoms with E-state index < -0.39 is 0 Å². The molecule has 0 N–H and O–H groups in total. The number of alkyl halides is 1. The summed E-state index contributed by atoms with van der Waals surface area (Å²) >= 11 is 3.76. The highest BCUT2D eigenvalue weighted by molar-refractivity contribution is 9.09. The van der Waals surface area contributed by atoms with Crippen LogP contribution >= 0.6 is 15.9 Å². The van der Waals surface area contributed by atoms with Gasteiger partial charge in [0.15, 0.2) is 11.6 Å². The van der Waals surface area contributed by atoms with Gasteiger partial charge in [-0.05, 0) is 17.5 Å². The molecule has 0 aliphatic rings. The lowest BCUT2D eigenvalue weighted by Gasteiger charge is -2.12. The molecular weight excluding hydrogens is 448 g/mol. The molecule has 4 aromatic rings. The Hall–Kier alpha value is -3.30. The lowest BCUT2D eigenvalue weighted by molar-refractivity contribution is 0.103. The molecule has 3 heteroatoms. The van der Waals surface area contributed by atoms with E-state index in [1.54, 1.807) is 0 Å². The van der Waals surface area contributed by atoms with Gasteiger partial charge in [0, 0.05) is 27.1 Å². The molecule has 31 heavy (non-hydrogen) atoms. The molecule has 0 bridgehead atoms. The predicted molar refractivity (Wildman–Crippen MR) is 128 cm³/mol. The fraction of sp³-hybridized carbons (Fsp3) is 0.0714. The van der Waals surface area contributed by atoms with E-state index in [1.165, 1.54) is 0 Å². The van der Waals surface area contributed by atoms with Crippen molar-refractivity contribution in [2.45, 2.75) is 11.2 Å². The summed E-state index contributed by atoms with van der Waals surface area (Å²) in [6.07, 6.45) is 0.784. The molecule has 0 aliphatic carbocycles. The highest BCUT2D eigenvalue weighted by atomic mass is 79.9. The lowest BCUT2D eigenvalue weighted by Crippen LogP contribution is -2.03. The van der Waals surface area contributed by atoms with Gasteiger partial charge in [-0.25, -0.2) is 0 Å². The quantitative estimate of drug-likeness (QED) is 0.220. The van der Waals surface area contributed by atoms with E-state index in [1.807, 2.05) is 109 Å². The first-order valence-corrected chi connectivity index (χ1v) is 11.1. The molecule has 4 rings (SSSR count). The van der Waals surface area contributed by atoms with Gasteiger partial charge in [-0.1, -0.05) is 125 Å². The van der Waals surface area contributed by atoms with Gasteiger partial charge < -0.3 is 0 Å². The van der Waals surface area contributed by atoms with Gasteiger partial charge >= 0.3 is 0 Å². The average molecular weight is 469 g/mol. The second kappa shape index (κ2) is 9.67. The van der Waals surface area contributed by atoms with Gasteiger partial charge in [0.05, 0.1) is 0 Å². The molecular formula is C28H21BrO2. The minimum atomic E-state index is 0.0249. The van der Waals surface area contributed by atoms with Crippen LogP contribution in [0.3, 0.4) is 0 Å². The van der Waals surface area contributed by atoms with E-state index in [4.69, 9.17) is 0 Å². The van der Waals surface area contributed by atoms with Crippen LogP contribution in [-0.2, 0) is 6.42 Å². The Balaban J connectivity index is 1.42. The minimum absolute atomic E-state index is 0.0249. The van der Waals surface area contributed by atoms with Gasteiger partial charge in [-0.2, -0.15) is 0 Å². The zero-order chi connectivity index (χ0) is 21.6. The van der Waals surface area contributed by atoms with E-state index in [-0.39, 0.29) is 16.4 Å². The lowest BCUT2D eigenvalue weighted by atomic mass is 9.98. The summed E-state index contributed by atoms with van der Waals surface area (Å²) in [5.74, 6) is 0.0539. The fourth-order valence-electron chi connectivity index (χ4n) is 3.47. The van der Waals surface area contributed by atoms with Gasteiger partial charge in [0.1, 0.15) is 0 Å². The van der Waals surface area contributed by atoms with E-state index in [9.17, 15) is 9.59 Å². The Labute approximate surface area is 190 Å². The highest BCUT2D eigenvalue weighted by Gasteiger charge is 2.13. The average Bonchev–Trinajstić information content (AvgIpc) is 2.85. The van der Waals surface area contributed by atoms with Crippen LogP contribution in [0, 0.1) is 0 Å². The minimum Gasteiger partial charge on any atom is -0.289 e. The summed E-state index contributed by atoms with van der Waals surface area (Å²) in [7, 11) is 0. The molecule has 1 unspecified atom stereocenters. The molecule has 0 saturated carbocycles. The number of halogens is 1. The van der Waals surface area contributed by atoms with Crippen molar-refractivity contribution in [2.75, 3.05) is 0 Å². The maximum absolute atomic E-state index is 12.6. The van der Waals surface area contributed by atoms with Crippen molar-refractivity contribution in [1.29, 1.82) is 0 Å². The zero-order valence-electron chi connectivity index (χ0n) is 16.9. The van der Waals surface area contributed by atoms with Gasteiger partial charge in [0.2, 0.25) is 0 Å². The van der Waals surface area contributed by atoms with E-state index in [2.05, 4.69) is 15.9 Å². The van der Waals surface area contributed by atoms with E-state index >= 15 is 0 Å². The van der Waals surface area contributed by atoms with Gasteiger partial charge in [-0.15, -0.1) is 0 Å². The molecule has 152 valence electrons. The van der Waals surface area contributed by atoms with Crippen LogP contribution < -0.4 is 0 Å². The highest BCUT2D eigenvalue weighted by Crippen LogP contribution is 2.28. The van der Waals surface area contributed by atoms with Crippen molar-refractivity contribution in [3.63, 3.8) is 0 Å². The monoisotopic (exact) mass is 468 g/mol. The van der Waals surface area contributed by atoms with Crippen molar-refractivity contribution in [3.05, 3.63) is 143 Å². The van der Waals surface area contributed by atoms with Gasteiger partial charge in [0.25, 0.3) is 0 Å². The van der Waals surface area contributed by atoms with Crippen LogP contribution in [0.5, 0.6) is 0 Å². The molecule has 2 nitrogen and oxygen atoms in total. The Morgan fingerprint density at radius 1 is 0.548 bits per heavy atom. The number of hydrogen-bond donors (Lipinski definition) is 0. The molecule has 0 saturated heterocycles. The number of carbonyl (C=O) groups excluding carboxylic acids is 2.